The number of methoxy groups -OCH3 is 2. The highest BCUT2D eigenvalue weighted by Gasteiger charge is 2.20. The molecule has 0 spiro atoms. The zero-order valence-corrected chi connectivity index (χ0v) is 11.9. The van der Waals surface area contributed by atoms with Crippen LogP contribution in [0.15, 0.2) is 53.4 Å². The molecule has 0 aromatic heterocycles. The third kappa shape index (κ3) is 2.85. The summed E-state index contributed by atoms with van der Waals surface area (Å²) >= 11 is 0. The van der Waals surface area contributed by atoms with Crippen LogP contribution in [0, 0.1) is 0 Å². The van der Waals surface area contributed by atoms with Crippen molar-refractivity contribution in [3.8, 4) is 17.2 Å². The molecular weight excluding hydrogens is 280 g/mol. The smallest absolute Gasteiger partial charge is 0.339 e. The number of rotatable bonds is 5. The van der Waals surface area contributed by atoms with E-state index >= 15 is 0 Å². The molecule has 0 aliphatic heterocycles. The van der Waals surface area contributed by atoms with Gasteiger partial charge in [0.15, 0.2) is 11.5 Å². The van der Waals surface area contributed by atoms with Gasteiger partial charge in [0.2, 0.25) is 5.75 Å². The molecular formula is C14H14O5S. The number of hydrogen-bond acceptors (Lipinski definition) is 5. The molecule has 0 unspecified atom stereocenters. The van der Waals surface area contributed by atoms with Crippen LogP contribution < -0.4 is 13.7 Å². The van der Waals surface area contributed by atoms with Gasteiger partial charge in [0.25, 0.3) is 0 Å². The quantitative estimate of drug-likeness (QED) is 0.793. The van der Waals surface area contributed by atoms with Crippen molar-refractivity contribution in [3.63, 3.8) is 0 Å². The highest BCUT2D eigenvalue weighted by atomic mass is 32.2. The van der Waals surface area contributed by atoms with Crippen molar-refractivity contribution >= 4 is 10.1 Å². The summed E-state index contributed by atoms with van der Waals surface area (Å²) in [5, 5.41) is 0. The summed E-state index contributed by atoms with van der Waals surface area (Å²) in [6.07, 6.45) is 0. The first-order chi connectivity index (χ1) is 9.58. The summed E-state index contributed by atoms with van der Waals surface area (Å²) in [6, 6.07) is 12.7. The van der Waals surface area contributed by atoms with E-state index < -0.39 is 10.1 Å². The van der Waals surface area contributed by atoms with Gasteiger partial charge in [-0.05, 0) is 24.3 Å². The number of hydrogen-bond donors (Lipinski definition) is 0. The van der Waals surface area contributed by atoms with E-state index in [9.17, 15) is 8.42 Å². The zero-order chi connectivity index (χ0) is 14.6. The first-order valence-corrected chi connectivity index (χ1v) is 7.20. The lowest BCUT2D eigenvalue weighted by Gasteiger charge is -2.13. The van der Waals surface area contributed by atoms with Crippen LogP contribution in [0.3, 0.4) is 0 Å². The summed E-state index contributed by atoms with van der Waals surface area (Å²) in [4.78, 5) is 0.0740. The average Bonchev–Trinajstić information content (AvgIpc) is 2.47. The van der Waals surface area contributed by atoms with Crippen LogP contribution in [-0.4, -0.2) is 22.6 Å². The maximum atomic E-state index is 12.2. The van der Waals surface area contributed by atoms with Crippen LogP contribution in [-0.2, 0) is 10.1 Å². The van der Waals surface area contributed by atoms with Crippen LogP contribution in [0.2, 0.25) is 0 Å². The Bertz CT molecular complexity index is 680. The van der Waals surface area contributed by atoms with Gasteiger partial charge in [0, 0.05) is 0 Å². The molecule has 5 nitrogen and oxygen atoms in total. The molecule has 0 aliphatic rings. The van der Waals surface area contributed by atoms with Gasteiger partial charge in [-0.3, -0.25) is 0 Å². The van der Waals surface area contributed by atoms with Crippen molar-refractivity contribution in [2.45, 2.75) is 4.90 Å². The Balaban J connectivity index is 2.40. The second-order valence-electron chi connectivity index (χ2n) is 3.84. The number of benzene rings is 2. The number of ether oxygens (including phenoxy) is 2. The minimum atomic E-state index is -3.91. The van der Waals surface area contributed by atoms with E-state index in [0.717, 1.165) is 0 Å². The predicted octanol–water partition coefficient (Wildman–Crippen LogP) is 2.47. The Morgan fingerprint density at radius 2 is 1.45 bits per heavy atom. The van der Waals surface area contributed by atoms with Gasteiger partial charge in [-0.15, -0.1) is 0 Å². The molecule has 0 amide bonds. The predicted molar refractivity (Wildman–Crippen MR) is 73.8 cm³/mol. The van der Waals surface area contributed by atoms with Crippen molar-refractivity contribution in [2.24, 2.45) is 0 Å². The molecule has 2 aromatic carbocycles. The standard InChI is InChI=1S/C14H14O5S/c1-17-12-9-6-10-13(14(12)18-2)19-20(15,16)11-7-4-3-5-8-11/h3-10H,1-2H3. The van der Waals surface area contributed by atoms with E-state index in [-0.39, 0.29) is 16.4 Å². The molecule has 20 heavy (non-hydrogen) atoms. The van der Waals surface area contributed by atoms with E-state index in [4.69, 9.17) is 13.7 Å². The summed E-state index contributed by atoms with van der Waals surface area (Å²) in [5.41, 5.74) is 0. The summed E-state index contributed by atoms with van der Waals surface area (Å²) in [7, 11) is -1.02. The molecule has 0 saturated heterocycles. The van der Waals surface area contributed by atoms with E-state index in [1.54, 1.807) is 30.3 Å². The Morgan fingerprint density at radius 3 is 2.05 bits per heavy atom. The molecule has 2 aromatic rings. The molecule has 0 fully saturated rings. The third-order valence-corrected chi connectivity index (χ3v) is 3.85. The molecule has 0 atom stereocenters. The zero-order valence-electron chi connectivity index (χ0n) is 11.1. The lowest BCUT2D eigenvalue weighted by atomic mass is 10.3. The van der Waals surface area contributed by atoms with Crippen molar-refractivity contribution in [3.05, 3.63) is 48.5 Å². The molecule has 0 saturated carbocycles. The fraction of sp³-hybridized carbons (Fsp3) is 0.143. The van der Waals surface area contributed by atoms with Crippen LogP contribution in [0.1, 0.15) is 0 Å². The number of para-hydroxylation sites is 1. The Kier molecular flexibility index (Phi) is 4.14. The minimum Gasteiger partial charge on any atom is -0.493 e. The van der Waals surface area contributed by atoms with Gasteiger partial charge >= 0.3 is 10.1 Å². The summed E-state index contributed by atoms with van der Waals surface area (Å²) in [6.45, 7) is 0. The third-order valence-electron chi connectivity index (χ3n) is 2.60. The monoisotopic (exact) mass is 294 g/mol. The summed E-state index contributed by atoms with van der Waals surface area (Å²) in [5.74, 6) is 0.707. The van der Waals surface area contributed by atoms with Gasteiger partial charge in [0.05, 0.1) is 14.2 Å². The van der Waals surface area contributed by atoms with Gasteiger partial charge in [-0.2, -0.15) is 8.42 Å². The summed E-state index contributed by atoms with van der Waals surface area (Å²) < 4.78 is 39.7. The highest BCUT2D eigenvalue weighted by molar-refractivity contribution is 7.87. The average molecular weight is 294 g/mol. The highest BCUT2D eigenvalue weighted by Crippen LogP contribution is 2.37. The van der Waals surface area contributed by atoms with Crippen molar-refractivity contribution < 1.29 is 22.1 Å². The van der Waals surface area contributed by atoms with E-state index in [1.165, 1.54) is 32.4 Å². The van der Waals surface area contributed by atoms with Crippen LogP contribution >= 0.6 is 0 Å². The Morgan fingerprint density at radius 1 is 0.800 bits per heavy atom. The minimum absolute atomic E-state index is 0.0740. The molecule has 2 rings (SSSR count). The fourth-order valence-electron chi connectivity index (χ4n) is 1.68. The molecule has 0 aliphatic carbocycles. The Labute approximate surface area is 117 Å². The molecule has 0 N–H and O–H groups in total. The molecule has 0 bridgehead atoms. The van der Waals surface area contributed by atoms with Gasteiger partial charge < -0.3 is 13.7 Å². The first-order valence-electron chi connectivity index (χ1n) is 5.79. The first kappa shape index (κ1) is 14.2. The lowest BCUT2D eigenvalue weighted by Crippen LogP contribution is -2.10. The van der Waals surface area contributed by atoms with E-state index in [1.807, 2.05) is 0 Å². The normalized spacial score (nSPS) is 10.9. The molecule has 0 heterocycles. The van der Waals surface area contributed by atoms with Gasteiger partial charge in [-0.1, -0.05) is 24.3 Å². The molecule has 0 radical (unpaired) electrons. The van der Waals surface area contributed by atoms with Crippen molar-refractivity contribution in [2.75, 3.05) is 14.2 Å². The Hall–Kier alpha value is -2.21. The van der Waals surface area contributed by atoms with Crippen LogP contribution in [0.4, 0.5) is 0 Å². The van der Waals surface area contributed by atoms with E-state index in [0.29, 0.717) is 5.75 Å². The second kappa shape index (κ2) is 5.83. The van der Waals surface area contributed by atoms with Crippen molar-refractivity contribution in [1.29, 1.82) is 0 Å². The fourth-order valence-corrected chi connectivity index (χ4v) is 2.63. The van der Waals surface area contributed by atoms with Gasteiger partial charge in [-0.25, -0.2) is 0 Å². The topological polar surface area (TPSA) is 61.8 Å². The molecule has 106 valence electrons. The van der Waals surface area contributed by atoms with Gasteiger partial charge in [0.1, 0.15) is 4.90 Å². The maximum absolute atomic E-state index is 12.2. The van der Waals surface area contributed by atoms with Crippen LogP contribution in [0.25, 0.3) is 0 Å². The van der Waals surface area contributed by atoms with Crippen LogP contribution in [0.5, 0.6) is 17.2 Å². The van der Waals surface area contributed by atoms with E-state index in [2.05, 4.69) is 0 Å². The SMILES string of the molecule is COc1cccc(OS(=O)(=O)c2ccccc2)c1OC. The maximum Gasteiger partial charge on any atom is 0.339 e. The lowest BCUT2D eigenvalue weighted by molar-refractivity contribution is 0.343. The largest absolute Gasteiger partial charge is 0.493 e. The molecule has 6 heteroatoms. The second-order valence-corrected chi connectivity index (χ2v) is 5.39. The van der Waals surface area contributed by atoms with Crippen molar-refractivity contribution in [1.82, 2.24) is 0 Å².